The highest BCUT2D eigenvalue weighted by atomic mass is 35.5. The number of halogens is 2. The summed E-state index contributed by atoms with van der Waals surface area (Å²) in [6, 6.07) is 1.52. The monoisotopic (exact) mass is 356 g/mol. The van der Waals surface area contributed by atoms with E-state index in [-0.39, 0.29) is 35.1 Å². The number of anilines is 1. The van der Waals surface area contributed by atoms with Gasteiger partial charge in [0, 0.05) is 11.1 Å². The van der Waals surface area contributed by atoms with E-state index in [9.17, 15) is 21.2 Å². The minimum Gasteiger partial charge on any atom is -0.396 e. The highest BCUT2D eigenvalue weighted by molar-refractivity contribution is 7.91. The summed E-state index contributed by atoms with van der Waals surface area (Å²) in [6.45, 7) is 0. The van der Waals surface area contributed by atoms with Crippen LogP contribution < -0.4 is 10.5 Å². The highest BCUT2D eigenvalue weighted by Crippen LogP contribution is 2.26. The summed E-state index contributed by atoms with van der Waals surface area (Å²) in [5, 5.41) is 0.000460. The molecule has 0 spiro atoms. The van der Waals surface area contributed by atoms with Crippen LogP contribution in [0.15, 0.2) is 17.0 Å². The number of nitrogens with two attached hydrogens (primary N) is 1. The van der Waals surface area contributed by atoms with Crippen LogP contribution in [0.4, 0.5) is 10.1 Å². The Balaban J connectivity index is 2.24. The molecule has 6 nitrogen and oxygen atoms in total. The van der Waals surface area contributed by atoms with E-state index in [4.69, 9.17) is 17.3 Å². The Labute approximate surface area is 127 Å². The topological polar surface area (TPSA) is 106 Å². The first kappa shape index (κ1) is 16.5. The van der Waals surface area contributed by atoms with Crippen LogP contribution in [0.2, 0.25) is 5.02 Å². The van der Waals surface area contributed by atoms with E-state index in [0.29, 0.717) is 0 Å². The van der Waals surface area contributed by atoms with Gasteiger partial charge >= 0.3 is 0 Å². The number of nitrogen functional groups attached to an aromatic ring is 1. The van der Waals surface area contributed by atoms with Crippen molar-refractivity contribution in [3.05, 3.63) is 23.0 Å². The van der Waals surface area contributed by atoms with Crippen molar-refractivity contribution in [2.24, 2.45) is 0 Å². The number of nitrogens with one attached hydrogen (secondary N) is 1. The first-order valence-electron chi connectivity index (χ1n) is 6.08. The van der Waals surface area contributed by atoms with Gasteiger partial charge in [0.1, 0.15) is 14.7 Å². The van der Waals surface area contributed by atoms with Gasteiger partial charge in [-0.05, 0) is 25.0 Å². The van der Waals surface area contributed by atoms with Gasteiger partial charge in [-0.25, -0.2) is 25.9 Å². The Morgan fingerprint density at radius 3 is 2.43 bits per heavy atom. The third-order valence-electron chi connectivity index (χ3n) is 3.20. The second kappa shape index (κ2) is 5.71. The molecule has 0 aromatic heterocycles. The summed E-state index contributed by atoms with van der Waals surface area (Å²) < 4.78 is 63.1. The summed E-state index contributed by atoms with van der Waals surface area (Å²) in [5.41, 5.74) is 4.99. The number of hydrogen-bond donors (Lipinski definition) is 2. The van der Waals surface area contributed by atoms with Crippen molar-refractivity contribution < 1.29 is 21.2 Å². The molecular weight excluding hydrogens is 343 g/mol. The van der Waals surface area contributed by atoms with Crippen LogP contribution in [0.25, 0.3) is 0 Å². The Morgan fingerprint density at radius 2 is 1.86 bits per heavy atom. The maximum atomic E-state index is 13.9. The second-order valence-electron chi connectivity index (χ2n) is 4.85. The third-order valence-corrected chi connectivity index (χ3v) is 6.65. The van der Waals surface area contributed by atoms with Crippen LogP contribution in [0.1, 0.15) is 12.8 Å². The smallest absolute Gasteiger partial charge is 0.243 e. The summed E-state index contributed by atoms with van der Waals surface area (Å²) in [6.07, 6.45) is 0.304. The number of rotatable bonds is 3. The minimum absolute atomic E-state index is 0.000460. The van der Waals surface area contributed by atoms with Gasteiger partial charge in [-0.2, -0.15) is 0 Å². The summed E-state index contributed by atoms with van der Waals surface area (Å²) in [7, 11) is -7.26. The van der Waals surface area contributed by atoms with E-state index < -0.39 is 36.6 Å². The van der Waals surface area contributed by atoms with Crippen molar-refractivity contribution in [3.8, 4) is 0 Å². The fourth-order valence-corrected chi connectivity index (χ4v) is 5.29. The molecule has 0 atom stereocenters. The van der Waals surface area contributed by atoms with E-state index >= 15 is 0 Å². The predicted molar refractivity (Wildman–Crippen MR) is 77.8 cm³/mol. The highest BCUT2D eigenvalue weighted by Gasteiger charge is 2.29. The molecule has 118 valence electrons. The predicted octanol–water partition coefficient (Wildman–Crippen LogP) is 0.917. The second-order valence-corrected chi connectivity index (χ2v) is 9.28. The number of benzene rings is 1. The van der Waals surface area contributed by atoms with E-state index in [2.05, 4.69) is 4.72 Å². The Morgan fingerprint density at radius 1 is 1.29 bits per heavy atom. The van der Waals surface area contributed by atoms with Crippen molar-refractivity contribution in [1.82, 2.24) is 4.72 Å². The molecule has 0 bridgehead atoms. The van der Waals surface area contributed by atoms with E-state index in [0.717, 1.165) is 12.1 Å². The quantitative estimate of drug-likeness (QED) is 0.783. The summed E-state index contributed by atoms with van der Waals surface area (Å²) in [4.78, 5) is -0.638. The zero-order valence-corrected chi connectivity index (χ0v) is 13.2. The molecule has 10 heteroatoms. The number of sulfone groups is 1. The maximum absolute atomic E-state index is 13.9. The molecule has 1 aromatic carbocycles. The van der Waals surface area contributed by atoms with Gasteiger partial charge in [0.05, 0.1) is 17.2 Å². The van der Waals surface area contributed by atoms with E-state index in [1.165, 1.54) is 0 Å². The van der Waals surface area contributed by atoms with E-state index in [1.54, 1.807) is 0 Å². The number of sulfonamides is 1. The normalized spacial score (nSPS) is 19.5. The van der Waals surface area contributed by atoms with Crippen molar-refractivity contribution in [1.29, 1.82) is 0 Å². The van der Waals surface area contributed by atoms with Gasteiger partial charge < -0.3 is 5.73 Å². The van der Waals surface area contributed by atoms with Crippen molar-refractivity contribution in [3.63, 3.8) is 0 Å². The Bertz CT molecular complexity index is 751. The summed E-state index contributed by atoms with van der Waals surface area (Å²) in [5.74, 6) is -1.27. The minimum atomic E-state index is -4.16. The molecule has 1 fully saturated rings. The maximum Gasteiger partial charge on any atom is 0.243 e. The van der Waals surface area contributed by atoms with Crippen LogP contribution in [-0.4, -0.2) is 34.4 Å². The van der Waals surface area contributed by atoms with Crippen molar-refractivity contribution >= 4 is 37.1 Å². The van der Waals surface area contributed by atoms with Crippen LogP contribution in [0.5, 0.6) is 0 Å². The molecule has 0 unspecified atom stereocenters. The molecule has 0 amide bonds. The van der Waals surface area contributed by atoms with Gasteiger partial charge in [0.2, 0.25) is 10.0 Å². The molecule has 1 saturated heterocycles. The molecule has 1 aromatic rings. The van der Waals surface area contributed by atoms with Crippen LogP contribution in [0.3, 0.4) is 0 Å². The van der Waals surface area contributed by atoms with Crippen molar-refractivity contribution in [2.45, 2.75) is 23.8 Å². The van der Waals surface area contributed by atoms with Gasteiger partial charge in [-0.3, -0.25) is 0 Å². The fourth-order valence-electron chi connectivity index (χ4n) is 2.07. The molecule has 0 saturated carbocycles. The lowest BCUT2D eigenvalue weighted by atomic mass is 10.2. The lowest BCUT2D eigenvalue weighted by Gasteiger charge is -2.23. The lowest BCUT2D eigenvalue weighted by molar-refractivity contribution is 0.500. The van der Waals surface area contributed by atoms with Gasteiger partial charge in [0.25, 0.3) is 0 Å². The van der Waals surface area contributed by atoms with Crippen LogP contribution in [0, 0.1) is 5.82 Å². The summed E-state index contributed by atoms with van der Waals surface area (Å²) >= 11 is 5.69. The van der Waals surface area contributed by atoms with Gasteiger partial charge in [-0.15, -0.1) is 0 Å². The average molecular weight is 357 g/mol. The first-order chi connectivity index (χ1) is 9.61. The molecule has 1 aliphatic heterocycles. The zero-order chi connectivity index (χ0) is 15.8. The largest absolute Gasteiger partial charge is 0.396 e. The first-order valence-corrected chi connectivity index (χ1v) is 9.76. The van der Waals surface area contributed by atoms with Crippen LogP contribution in [-0.2, 0) is 19.9 Å². The van der Waals surface area contributed by atoms with Crippen molar-refractivity contribution in [2.75, 3.05) is 17.2 Å². The third kappa shape index (κ3) is 3.85. The van der Waals surface area contributed by atoms with Gasteiger partial charge in [-0.1, -0.05) is 11.6 Å². The zero-order valence-electron chi connectivity index (χ0n) is 10.8. The lowest BCUT2D eigenvalue weighted by Crippen LogP contribution is -2.41. The Hall–Kier alpha value is -0.900. The molecule has 0 radical (unpaired) electrons. The molecule has 21 heavy (non-hydrogen) atoms. The number of hydrogen-bond acceptors (Lipinski definition) is 5. The standard InChI is InChI=1S/C11H14ClFN2O4S2/c12-7-5-9(14)11(13)10(6-7)21(18,19)15-8-1-3-20(16,17)4-2-8/h5-6,8,15H,1-4,14H2. The van der Waals surface area contributed by atoms with Gasteiger partial charge in [0.15, 0.2) is 5.82 Å². The molecule has 0 aliphatic carbocycles. The molecule has 1 aliphatic rings. The SMILES string of the molecule is Nc1cc(Cl)cc(S(=O)(=O)NC2CCS(=O)(=O)CC2)c1F. The van der Waals surface area contributed by atoms with Crippen LogP contribution >= 0.6 is 11.6 Å². The average Bonchev–Trinajstić information content (AvgIpc) is 2.36. The fraction of sp³-hybridized carbons (Fsp3) is 0.455. The van der Waals surface area contributed by atoms with E-state index in [1.807, 2.05) is 0 Å². The Kier molecular flexibility index (Phi) is 4.48. The molecule has 3 N–H and O–H groups in total. The molecule has 1 heterocycles. The molecular formula is C11H14ClFN2O4S2. The molecule has 2 rings (SSSR count).